The summed E-state index contributed by atoms with van der Waals surface area (Å²) in [4.78, 5) is 12.8. The molecular formula is C10H20N2O2. The Morgan fingerprint density at radius 2 is 2.29 bits per heavy atom. The first kappa shape index (κ1) is 11.5. The minimum atomic E-state index is -0.698. The summed E-state index contributed by atoms with van der Waals surface area (Å²) in [6, 6.07) is 0. The van der Waals surface area contributed by atoms with E-state index < -0.39 is 5.97 Å². The highest BCUT2D eigenvalue weighted by Crippen LogP contribution is 2.37. The molecule has 4 heteroatoms. The van der Waals surface area contributed by atoms with Crippen LogP contribution in [0.5, 0.6) is 0 Å². The fourth-order valence-corrected chi connectivity index (χ4v) is 2.37. The molecule has 1 aliphatic heterocycles. The van der Waals surface area contributed by atoms with E-state index in [9.17, 15) is 4.79 Å². The van der Waals surface area contributed by atoms with Gasteiger partial charge in [-0.15, -0.1) is 0 Å². The molecule has 0 saturated carbocycles. The quantitative estimate of drug-likeness (QED) is 0.679. The lowest BCUT2D eigenvalue weighted by atomic mass is 9.79. The van der Waals surface area contributed by atoms with Crippen molar-refractivity contribution in [3.63, 3.8) is 0 Å². The SMILES string of the molecule is CN1CCC(CCN)(CCC(=O)O)C1. The average Bonchev–Trinajstić information content (AvgIpc) is 2.46. The molecule has 3 N–H and O–H groups in total. The maximum atomic E-state index is 10.5. The Morgan fingerprint density at radius 3 is 2.71 bits per heavy atom. The van der Waals surface area contributed by atoms with Gasteiger partial charge >= 0.3 is 5.97 Å². The van der Waals surface area contributed by atoms with Gasteiger partial charge in [-0.05, 0) is 44.8 Å². The third-order valence-electron chi connectivity index (χ3n) is 3.17. The summed E-state index contributed by atoms with van der Waals surface area (Å²) in [7, 11) is 2.08. The molecule has 1 fully saturated rings. The molecule has 0 aromatic heterocycles. The Hall–Kier alpha value is -0.610. The highest BCUT2D eigenvalue weighted by molar-refractivity contribution is 5.66. The van der Waals surface area contributed by atoms with Crippen LogP contribution >= 0.6 is 0 Å². The van der Waals surface area contributed by atoms with Crippen LogP contribution in [-0.4, -0.2) is 42.7 Å². The van der Waals surface area contributed by atoms with Gasteiger partial charge in [0.05, 0.1) is 0 Å². The number of carboxylic acids is 1. The van der Waals surface area contributed by atoms with E-state index in [1.165, 1.54) is 0 Å². The summed E-state index contributed by atoms with van der Waals surface area (Å²) in [6.45, 7) is 2.73. The second-order valence-corrected chi connectivity index (χ2v) is 4.42. The Morgan fingerprint density at radius 1 is 1.57 bits per heavy atom. The fraction of sp³-hybridized carbons (Fsp3) is 0.900. The number of likely N-dealkylation sites (tertiary alicyclic amines) is 1. The Balaban J connectivity index is 2.49. The van der Waals surface area contributed by atoms with Gasteiger partial charge in [-0.1, -0.05) is 0 Å². The first-order valence-corrected chi connectivity index (χ1v) is 5.18. The first-order chi connectivity index (χ1) is 6.58. The summed E-state index contributed by atoms with van der Waals surface area (Å²) >= 11 is 0. The van der Waals surface area contributed by atoms with Crippen molar-refractivity contribution in [2.24, 2.45) is 11.1 Å². The summed E-state index contributed by atoms with van der Waals surface area (Å²) in [5.41, 5.74) is 5.75. The molecule has 0 radical (unpaired) electrons. The molecule has 1 heterocycles. The molecule has 1 unspecified atom stereocenters. The lowest BCUT2D eigenvalue weighted by Gasteiger charge is -2.27. The van der Waals surface area contributed by atoms with Crippen LogP contribution in [0.1, 0.15) is 25.7 Å². The molecule has 82 valence electrons. The number of rotatable bonds is 5. The van der Waals surface area contributed by atoms with E-state index in [0.29, 0.717) is 6.54 Å². The maximum absolute atomic E-state index is 10.5. The van der Waals surface area contributed by atoms with Crippen LogP contribution in [0.15, 0.2) is 0 Å². The van der Waals surface area contributed by atoms with Crippen molar-refractivity contribution in [1.82, 2.24) is 4.90 Å². The normalized spacial score (nSPS) is 28.1. The van der Waals surface area contributed by atoms with Gasteiger partial charge in [0.1, 0.15) is 0 Å². The largest absolute Gasteiger partial charge is 0.481 e. The minimum absolute atomic E-state index is 0.169. The van der Waals surface area contributed by atoms with Crippen molar-refractivity contribution in [3.05, 3.63) is 0 Å². The topological polar surface area (TPSA) is 66.6 Å². The molecule has 1 saturated heterocycles. The first-order valence-electron chi connectivity index (χ1n) is 5.18. The monoisotopic (exact) mass is 200 g/mol. The van der Waals surface area contributed by atoms with Gasteiger partial charge in [0.15, 0.2) is 0 Å². The van der Waals surface area contributed by atoms with Crippen LogP contribution in [-0.2, 0) is 4.79 Å². The van der Waals surface area contributed by atoms with Crippen LogP contribution in [0.2, 0.25) is 0 Å². The van der Waals surface area contributed by atoms with Crippen molar-refractivity contribution < 1.29 is 9.90 Å². The molecule has 0 amide bonds. The van der Waals surface area contributed by atoms with Gasteiger partial charge in [0.25, 0.3) is 0 Å². The second kappa shape index (κ2) is 4.75. The van der Waals surface area contributed by atoms with Gasteiger partial charge in [-0.25, -0.2) is 0 Å². The molecule has 1 atom stereocenters. The lowest BCUT2D eigenvalue weighted by Crippen LogP contribution is -2.28. The predicted molar refractivity (Wildman–Crippen MR) is 55.1 cm³/mol. The van der Waals surface area contributed by atoms with Crippen LogP contribution in [0, 0.1) is 5.41 Å². The van der Waals surface area contributed by atoms with E-state index in [4.69, 9.17) is 10.8 Å². The van der Waals surface area contributed by atoms with Crippen molar-refractivity contribution in [3.8, 4) is 0 Å². The second-order valence-electron chi connectivity index (χ2n) is 4.42. The number of hydrogen-bond acceptors (Lipinski definition) is 3. The zero-order chi connectivity index (χ0) is 10.6. The van der Waals surface area contributed by atoms with Crippen molar-refractivity contribution in [1.29, 1.82) is 0 Å². The molecule has 0 aromatic rings. The van der Waals surface area contributed by atoms with Crippen LogP contribution < -0.4 is 5.73 Å². The molecule has 0 aromatic carbocycles. The third kappa shape index (κ3) is 2.96. The smallest absolute Gasteiger partial charge is 0.303 e. The average molecular weight is 200 g/mol. The zero-order valence-corrected chi connectivity index (χ0v) is 8.83. The van der Waals surface area contributed by atoms with Gasteiger partial charge < -0.3 is 15.7 Å². The van der Waals surface area contributed by atoms with E-state index in [1.54, 1.807) is 0 Å². The van der Waals surface area contributed by atoms with E-state index in [-0.39, 0.29) is 11.8 Å². The van der Waals surface area contributed by atoms with E-state index >= 15 is 0 Å². The molecule has 4 nitrogen and oxygen atoms in total. The molecule has 0 bridgehead atoms. The van der Waals surface area contributed by atoms with Gasteiger partial charge in [0, 0.05) is 13.0 Å². The Bertz CT molecular complexity index is 204. The van der Waals surface area contributed by atoms with Crippen molar-refractivity contribution in [2.75, 3.05) is 26.7 Å². The highest BCUT2D eigenvalue weighted by Gasteiger charge is 2.35. The van der Waals surface area contributed by atoms with Crippen LogP contribution in [0.4, 0.5) is 0 Å². The molecule has 1 aliphatic rings. The molecule has 0 spiro atoms. The highest BCUT2D eigenvalue weighted by atomic mass is 16.4. The minimum Gasteiger partial charge on any atom is -0.481 e. The number of carboxylic acid groups (broad SMARTS) is 1. The molecule has 0 aliphatic carbocycles. The van der Waals surface area contributed by atoms with Crippen LogP contribution in [0.25, 0.3) is 0 Å². The van der Waals surface area contributed by atoms with E-state index in [1.807, 2.05) is 0 Å². The summed E-state index contributed by atoms with van der Waals surface area (Å²) in [5.74, 6) is -0.698. The predicted octanol–water partition coefficient (Wildman–Crippen LogP) is 0.522. The lowest BCUT2D eigenvalue weighted by molar-refractivity contribution is -0.137. The summed E-state index contributed by atoms with van der Waals surface area (Å²) in [6.07, 6.45) is 3.08. The third-order valence-corrected chi connectivity index (χ3v) is 3.17. The maximum Gasteiger partial charge on any atom is 0.303 e. The van der Waals surface area contributed by atoms with Crippen molar-refractivity contribution in [2.45, 2.75) is 25.7 Å². The molecule has 14 heavy (non-hydrogen) atoms. The number of nitrogens with zero attached hydrogens (tertiary/aromatic N) is 1. The number of aliphatic carboxylic acids is 1. The van der Waals surface area contributed by atoms with Crippen LogP contribution in [0.3, 0.4) is 0 Å². The summed E-state index contributed by atoms with van der Waals surface area (Å²) in [5, 5.41) is 8.68. The number of nitrogens with two attached hydrogens (primary N) is 1. The van der Waals surface area contributed by atoms with E-state index in [0.717, 1.165) is 32.4 Å². The van der Waals surface area contributed by atoms with Gasteiger partial charge in [0.2, 0.25) is 0 Å². The van der Waals surface area contributed by atoms with Gasteiger partial charge in [-0.2, -0.15) is 0 Å². The Labute approximate surface area is 85.1 Å². The molecular weight excluding hydrogens is 180 g/mol. The molecule has 1 rings (SSSR count). The van der Waals surface area contributed by atoms with Crippen molar-refractivity contribution >= 4 is 5.97 Å². The van der Waals surface area contributed by atoms with E-state index in [2.05, 4.69) is 11.9 Å². The van der Waals surface area contributed by atoms with Gasteiger partial charge in [-0.3, -0.25) is 4.79 Å². The Kier molecular flexibility index (Phi) is 3.89. The fourth-order valence-electron chi connectivity index (χ4n) is 2.37. The standard InChI is InChI=1S/C10H20N2O2/c1-12-7-5-10(8-12,4-6-11)3-2-9(13)14/h2-8,11H2,1H3,(H,13,14). The zero-order valence-electron chi connectivity index (χ0n) is 8.83. The number of hydrogen-bond donors (Lipinski definition) is 2. The number of carbonyl (C=O) groups is 1. The summed E-state index contributed by atoms with van der Waals surface area (Å²) < 4.78 is 0.